The predicted molar refractivity (Wildman–Crippen MR) is 112 cm³/mol. The number of hydrogen-bond acceptors (Lipinski definition) is 3. The lowest BCUT2D eigenvalue weighted by atomic mass is 9.72. The van der Waals surface area contributed by atoms with Crippen LogP contribution in [0.15, 0.2) is 42.7 Å². The molecule has 0 aliphatic carbocycles. The summed E-state index contributed by atoms with van der Waals surface area (Å²) >= 11 is 0. The number of carbonyl (C=O) groups excluding carboxylic acids is 2. The van der Waals surface area contributed by atoms with Crippen LogP contribution in [0.1, 0.15) is 52.7 Å². The first-order valence-corrected chi connectivity index (χ1v) is 10.5. The molecule has 2 amide bonds. The normalized spacial score (nSPS) is 18.9. The lowest BCUT2D eigenvalue weighted by Gasteiger charge is -2.47. The highest BCUT2D eigenvalue weighted by Gasteiger charge is 2.41. The monoisotopic (exact) mass is 391 g/mol. The van der Waals surface area contributed by atoms with Crippen LogP contribution in [0.5, 0.6) is 0 Å². The molecule has 1 spiro atoms. The molecular formula is C24H29N3O2. The number of carbonyl (C=O) groups is 2. The molecule has 0 N–H and O–H groups in total. The van der Waals surface area contributed by atoms with E-state index in [0.717, 1.165) is 61.2 Å². The fraction of sp³-hybridized carbons (Fsp3) is 0.458. The summed E-state index contributed by atoms with van der Waals surface area (Å²) in [6.45, 7) is 6.99. The molecule has 5 nitrogen and oxygen atoms in total. The van der Waals surface area contributed by atoms with Crippen LogP contribution < -0.4 is 0 Å². The van der Waals surface area contributed by atoms with Gasteiger partial charge in [0.1, 0.15) is 0 Å². The molecule has 2 aliphatic heterocycles. The smallest absolute Gasteiger partial charge is 0.254 e. The number of benzene rings is 1. The SMILES string of the molecule is Cc1cccc(C)c1C(=O)N1CCC2(CCC(=O)N(Cc3ccncc3)C2)CC1. The van der Waals surface area contributed by atoms with Crippen LogP contribution in [0.4, 0.5) is 0 Å². The van der Waals surface area contributed by atoms with Crippen LogP contribution in [-0.4, -0.2) is 46.2 Å². The quantitative estimate of drug-likeness (QED) is 0.801. The fourth-order valence-corrected chi connectivity index (χ4v) is 4.86. The molecule has 0 atom stereocenters. The number of hydrogen-bond donors (Lipinski definition) is 0. The maximum Gasteiger partial charge on any atom is 0.254 e. The van der Waals surface area contributed by atoms with Crippen molar-refractivity contribution in [3.63, 3.8) is 0 Å². The lowest BCUT2D eigenvalue weighted by Crippen LogP contribution is -2.52. The minimum absolute atomic E-state index is 0.137. The highest BCUT2D eigenvalue weighted by molar-refractivity contribution is 5.97. The number of nitrogens with zero attached hydrogens (tertiary/aromatic N) is 3. The molecule has 29 heavy (non-hydrogen) atoms. The van der Waals surface area contributed by atoms with Gasteiger partial charge in [-0.1, -0.05) is 18.2 Å². The number of aromatic nitrogens is 1. The molecule has 2 saturated heterocycles. The van der Waals surface area contributed by atoms with Gasteiger partial charge in [-0.3, -0.25) is 14.6 Å². The summed E-state index contributed by atoms with van der Waals surface area (Å²) in [4.78, 5) is 33.7. The summed E-state index contributed by atoms with van der Waals surface area (Å²) in [7, 11) is 0. The Bertz CT molecular complexity index is 881. The molecule has 3 heterocycles. The Hall–Kier alpha value is -2.69. The molecule has 152 valence electrons. The van der Waals surface area contributed by atoms with Gasteiger partial charge in [-0.15, -0.1) is 0 Å². The Balaban J connectivity index is 1.43. The summed E-state index contributed by atoms with van der Waals surface area (Å²) in [5.74, 6) is 0.387. The van der Waals surface area contributed by atoms with Crippen molar-refractivity contribution < 1.29 is 9.59 Å². The zero-order valence-corrected chi connectivity index (χ0v) is 17.4. The van der Waals surface area contributed by atoms with E-state index in [2.05, 4.69) is 4.98 Å². The van der Waals surface area contributed by atoms with Crippen molar-refractivity contribution in [1.29, 1.82) is 0 Å². The maximum atomic E-state index is 13.1. The Morgan fingerprint density at radius 3 is 2.34 bits per heavy atom. The number of aryl methyl sites for hydroxylation is 2. The van der Waals surface area contributed by atoms with Gasteiger partial charge in [-0.05, 0) is 67.3 Å². The van der Waals surface area contributed by atoms with E-state index in [1.165, 1.54) is 0 Å². The van der Waals surface area contributed by atoms with Crippen molar-refractivity contribution in [3.8, 4) is 0 Å². The Morgan fingerprint density at radius 2 is 1.69 bits per heavy atom. The fourth-order valence-electron chi connectivity index (χ4n) is 4.86. The standard InChI is InChI=1S/C24H29N3O2/c1-18-4-3-5-19(2)22(18)23(29)26-14-10-24(11-15-26)9-6-21(28)27(17-24)16-20-7-12-25-13-8-20/h3-5,7-8,12-13H,6,9-11,14-17H2,1-2H3. The maximum absolute atomic E-state index is 13.1. The van der Waals surface area contributed by atoms with Gasteiger partial charge in [-0.25, -0.2) is 0 Å². The van der Waals surface area contributed by atoms with Crippen LogP contribution in [-0.2, 0) is 11.3 Å². The van der Waals surface area contributed by atoms with E-state index in [-0.39, 0.29) is 17.2 Å². The molecule has 0 saturated carbocycles. The summed E-state index contributed by atoms with van der Waals surface area (Å²) in [6.07, 6.45) is 7.02. The highest BCUT2D eigenvalue weighted by Crippen LogP contribution is 2.41. The second-order valence-electron chi connectivity index (χ2n) is 8.66. The van der Waals surface area contributed by atoms with Gasteiger partial charge in [0.2, 0.25) is 5.91 Å². The van der Waals surface area contributed by atoms with E-state index in [1.807, 2.05) is 54.0 Å². The van der Waals surface area contributed by atoms with Gasteiger partial charge in [0.25, 0.3) is 5.91 Å². The molecule has 2 aliphatic rings. The number of amides is 2. The van der Waals surface area contributed by atoms with E-state index in [1.54, 1.807) is 12.4 Å². The van der Waals surface area contributed by atoms with E-state index in [0.29, 0.717) is 13.0 Å². The lowest BCUT2D eigenvalue weighted by molar-refractivity contribution is -0.139. The van der Waals surface area contributed by atoms with Gasteiger partial charge < -0.3 is 9.80 Å². The summed E-state index contributed by atoms with van der Waals surface area (Å²) in [6, 6.07) is 9.97. The van der Waals surface area contributed by atoms with Crippen LogP contribution in [0.3, 0.4) is 0 Å². The number of piperidine rings is 2. The van der Waals surface area contributed by atoms with Crippen molar-refractivity contribution >= 4 is 11.8 Å². The van der Waals surface area contributed by atoms with Gasteiger partial charge >= 0.3 is 0 Å². The van der Waals surface area contributed by atoms with Crippen molar-refractivity contribution in [2.24, 2.45) is 5.41 Å². The molecule has 0 radical (unpaired) electrons. The first kappa shape index (κ1) is 19.6. The molecule has 0 unspecified atom stereocenters. The molecule has 5 heteroatoms. The molecule has 1 aromatic carbocycles. The number of likely N-dealkylation sites (tertiary alicyclic amines) is 2. The van der Waals surface area contributed by atoms with Gasteiger partial charge in [0, 0.05) is 50.6 Å². The topological polar surface area (TPSA) is 53.5 Å². The number of rotatable bonds is 3. The largest absolute Gasteiger partial charge is 0.339 e. The predicted octanol–water partition coefficient (Wildman–Crippen LogP) is 3.74. The van der Waals surface area contributed by atoms with E-state index in [4.69, 9.17) is 0 Å². The summed E-state index contributed by atoms with van der Waals surface area (Å²) in [5.41, 5.74) is 4.19. The van der Waals surface area contributed by atoms with E-state index < -0.39 is 0 Å². The Kier molecular flexibility index (Phi) is 5.39. The average Bonchev–Trinajstić information content (AvgIpc) is 2.72. The Labute approximate surface area is 172 Å². The van der Waals surface area contributed by atoms with Crippen molar-refractivity contribution in [3.05, 3.63) is 65.0 Å². The van der Waals surface area contributed by atoms with Crippen LogP contribution in [0.2, 0.25) is 0 Å². The summed E-state index contributed by atoms with van der Waals surface area (Å²) in [5, 5.41) is 0. The minimum Gasteiger partial charge on any atom is -0.339 e. The third-order valence-corrected chi connectivity index (χ3v) is 6.68. The molecular weight excluding hydrogens is 362 g/mol. The minimum atomic E-state index is 0.137. The Morgan fingerprint density at radius 1 is 1.03 bits per heavy atom. The van der Waals surface area contributed by atoms with Crippen LogP contribution >= 0.6 is 0 Å². The zero-order chi connectivity index (χ0) is 20.4. The molecule has 0 bridgehead atoms. The highest BCUT2D eigenvalue weighted by atomic mass is 16.2. The van der Waals surface area contributed by atoms with Gasteiger partial charge in [-0.2, -0.15) is 0 Å². The average molecular weight is 392 g/mol. The van der Waals surface area contributed by atoms with Crippen LogP contribution in [0, 0.1) is 19.3 Å². The molecule has 2 fully saturated rings. The first-order valence-electron chi connectivity index (χ1n) is 10.5. The van der Waals surface area contributed by atoms with Gasteiger partial charge in [0.05, 0.1) is 0 Å². The van der Waals surface area contributed by atoms with Crippen molar-refractivity contribution in [1.82, 2.24) is 14.8 Å². The van der Waals surface area contributed by atoms with Crippen molar-refractivity contribution in [2.45, 2.75) is 46.1 Å². The van der Waals surface area contributed by atoms with E-state index >= 15 is 0 Å². The summed E-state index contributed by atoms with van der Waals surface area (Å²) < 4.78 is 0. The molecule has 2 aromatic rings. The number of pyridine rings is 1. The second-order valence-corrected chi connectivity index (χ2v) is 8.66. The van der Waals surface area contributed by atoms with Crippen molar-refractivity contribution in [2.75, 3.05) is 19.6 Å². The third-order valence-electron chi connectivity index (χ3n) is 6.68. The van der Waals surface area contributed by atoms with E-state index in [9.17, 15) is 9.59 Å². The zero-order valence-electron chi connectivity index (χ0n) is 17.4. The third kappa shape index (κ3) is 4.04. The molecule has 4 rings (SSSR count). The first-order chi connectivity index (χ1) is 14.0. The molecule has 1 aromatic heterocycles. The van der Waals surface area contributed by atoms with Crippen LogP contribution in [0.25, 0.3) is 0 Å². The van der Waals surface area contributed by atoms with Gasteiger partial charge in [0.15, 0.2) is 0 Å². The second kappa shape index (κ2) is 7.97.